The van der Waals surface area contributed by atoms with Gasteiger partial charge in [0, 0.05) is 30.1 Å². The summed E-state index contributed by atoms with van der Waals surface area (Å²) in [6.07, 6.45) is 3.56. The summed E-state index contributed by atoms with van der Waals surface area (Å²) >= 11 is 0. The summed E-state index contributed by atoms with van der Waals surface area (Å²) in [5.41, 5.74) is 3.42. The largest absolute Gasteiger partial charge is 0.424 e. The maximum absolute atomic E-state index is 5.88. The number of nitrogens with one attached hydrogen (secondary N) is 1. The van der Waals surface area contributed by atoms with Crippen molar-refractivity contribution in [2.75, 3.05) is 7.05 Å². The third-order valence-electron chi connectivity index (χ3n) is 3.21. The number of hydrogen-bond donors (Lipinski definition) is 1. The van der Waals surface area contributed by atoms with Gasteiger partial charge >= 0.3 is 6.01 Å². The van der Waals surface area contributed by atoms with Gasteiger partial charge in [0.15, 0.2) is 0 Å². The zero-order chi connectivity index (χ0) is 15.5. The van der Waals surface area contributed by atoms with Crippen LogP contribution in [0.2, 0.25) is 0 Å². The van der Waals surface area contributed by atoms with Crippen LogP contribution in [0, 0.1) is 6.92 Å². The van der Waals surface area contributed by atoms with E-state index in [-0.39, 0.29) is 5.41 Å². The molecule has 1 aromatic carbocycles. The van der Waals surface area contributed by atoms with Crippen molar-refractivity contribution in [1.82, 2.24) is 15.3 Å². The predicted molar refractivity (Wildman–Crippen MR) is 84.7 cm³/mol. The summed E-state index contributed by atoms with van der Waals surface area (Å²) in [6, 6.07) is 6.56. The van der Waals surface area contributed by atoms with Crippen molar-refractivity contribution >= 4 is 0 Å². The van der Waals surface area contributed by atoms with E-state index in [4.69, 9.17) is 4.74 Å². The van der Waals surface area contributed by atoms with Gasteiger partial charge in [-0.15, -0.1) is 0 Å². The van der Waals surface area contributed by atoms with Crippen LogP contribution in [0.15, 0.2) is 30.6 Å². The summed E-state index contributed by atoms with van der Waals surface area (Å²) in [7, 11) is 1.90. The number of rotatable bonds is 4. The molecule has 0 saturated heterocycles. The molecule has 2 rings (SSSR count). The van der Waals surface area contributed by atoms with E-state index in [1.165, 1.54) is 5.56 Å². The third-order valence-corrected chi connectivity index (χ3v) is 3.21. The fraction of sp³-hybridized carbons (Fsp3) is 0.412. The summed E-state index contributed by atoms with van der Waals surface area (Å²) in [5.74, 6) is 0.814. The van der Waals surface area contributed by atoms with E-state index >= 15 is 0 Å². The van der Waals surface area contributed by atoms with Crippen molar-refractivity contribution in [2.45, 2.75) is 39.7 Å². The van der Waals surface area contributed by atoms with E-state index < -0.39 is 0 Å². The Labute approximate surface area is 126 Å². The van der Waals surface area contributed by atoms with E-state index in [2.05, 4.69) is 49.0 Å². The number of aryl methyl sites for hydroxylation is 1. The van der Waals surface area contributed by atoms with Crippen LogP contribution in [0.5, 0.6) is 11.8 Å². The van der Waals surface area contributed by atoms with Crippen LogP contribution in [0.4, 0.5) is 0 Å². The highest BCUT2D eigenvalue weighted by atomic mass is 16.5. The van der Waals surface area contributed by atoms with Crippen LogP contribution in [-0.4, -0.2) is 17.0 Å². The average molecular weight is 285 g/mol. The minimum atomic E-state index is 0.00737. The van der Waals surface area contributed by atoms with Crippen LogP contribution in [-0.2, 0) is 12.0 Å². The molecular weight excluding hydrogens is 262 g/mol. The van der Waals surface area contributed by atoms with Crippen LogP contribution in [0.25, 0.3) is 0 Å². The van der Waals surface area contributed by atoms with Gasteiger partial charge in [-0.2, -0.15) is 0 Å². The number of benzene rings is 1. The molecule has 4 nitrogen and oxygen atoms in total. The van der Waals surface area contributed by atoms with E-state index in [1.54, 1.807) is 12.4 Å². The lowest BCUT2D eigenvalue weighted by Gasteiger charge is -2.22. The molecular formula is C17H23N3O. The van der Waals surface area contributed by atoms with Crippen molar-refractivity contribution in [2.24, 2.45) is 0 Å². The molecule has 0 aliphatic rings. The molecule has 0 saturated carbocycles. The van der Waals surface area contributed by atoms with E-state index in [9.17, 15) is 0 Å². The molecule has 0 aliphatic carbocycles. The van der Waals surface area contributed by atoms with Gasteiger partial charge in [-0.1, -0.05) is 38.5 Å². The van der Waals surface area contributed by atoms with Gasteiger partial charge in [-0.05, 0) is 25.5 Å². The number of hydrogen-bond acceptors (Lipinski definition) is 4. The first-order valence-corrected chi connectivity index (χ1v) is 7.14. The number of aromatic nitrogens is 2. The lowest BCUT2D eigenvalue weighted by Crippen LogP contribution is -2.13. The van der Waals surface area contributed by atoms with Crippen molar-refractivity contribution in [3.8, 4) is 11.8 Å². The lowest BCUT2D eigenvalue weighted by atomic mass is 9.85. The second-order valence-corrected chi connectivity index (χ2v) is 6.26. The van der Waals surface area contributed by atoms with Gasteiger partial charge < -0.3 is 10.1 Å². The molecule has 0 atom stereocenters. The van der Waals surface area contributed by atoms with Crippen LogP contribution >= 0.6 is 0 Å². The molecule has 1 aromatic heterocycles. The van der Waals surface area contributed by atoms with Gasteiger partial charge in [-0.25, -0.2) is 9.97 Å². The minimum absolute atomic E-state index is 0.00737. The highest BCUT2D eigenvalue weighted by molar-refractivity contribution is 5.42. The van der Waals surface area contributed by atoms with Gasteiger partial charge in [0.1, 0.15) is 5.75 Å². The Morgan fingerprint density at radius 2 is 1.81 bits per heavy atom. The molecule has 1 heterocycles. The Morgan fingerprint density at radius 1 is 1.14 bits per heavy atom. The molecule has 0 aliphatic heterocycles. The second-order valence-electron chi connectivity index (χ2n) is 6.26. The first-order chi connectivity index (χ1) is 9.90. The van der Waals surface area contributed by atoms with Gasteiger partial charge in [0.05, 0.1) is 0 Å². The standard InChI is InChI=1S/C17H23N3O/c1-12-6-7-15(14(8-12)17(2,3)4)21-16-19-10-13(9-18-5)11-20-16/h6-8,10-11,18H,9H2,1-5H3. The summed E-state index contributed by atoms with van der Waals surface area (Å²) < 4.78 is 5.88. The SMILES string of the molecule is CNCc1cnc(Oc2ccc(C)cc2C(C)(C)C)nc1. The topological polar surface area (TPSA) is 47.0 Å². The molecule has 1 N–H and O–H groups in total. The molecule has 0 bridgehead atoms. The summed E-state index contributed by atoms with van der Waals surface area (Å²) in [4.78, 5) is 8.53. The van der Waals surface area contributed by atoms with Crippen molar-refractivity contribution in [3.05, 3.63) is 47.3 Å². The monoisotopic (exact) mass is 285 g/mol. The summed E-state index contributed by atoms with van der Waals surface area (Å²) in [6.45, 7) is 9.35. The van der Waals surface area contributed by atoms with Crippen LogP contribution in [0.1, 0.15) is 37.5 Å². The predicted octanol–water partition coefficient (Wildman–Crippen LogP) is 3.59. The molecule has 4 heteroatoms. The highest BCUT2D eigenvalue weighted by Gasteiger charge is 2.20. The van der Waals surface area contributed by atoms with Crippen molar-refractivity contribution in [1.29, 1.82) is 0 Å². The Morgan fingerprint density at radius 3 is 2.38 bits per heavy atom. The molecule has 0 radical (unpaired) electrons. The fourth-order valence-corrected chi connectivity index (χ4v) is 2.11. The highest BCUT2D eigenvalue weighted by Crippen LogP contribution is 2.33. The minimum Gasteiger partial charge on any atom is -0.424 e. The van der Waals surface area contributed by atoms with E-state index in [0.29, 0.717) is 6.01 Å². The first kappa shape index (κ1) is 15.4. The van der Waals surface area contributed by atoms with Crippen LogP contribution in [0.3, 0.4) is 0 Å². The van der Waals surface area contributed by atoms with Gasteiger partial charge in [0.2, 0.25) is 0 Å². The molecule has 21 heavy (non-hydrogen) atoms. The van der Waals surface area contributed by atoms with Gasteiger partial charge in [-0.3, -0.25) is 0 Å². The summed E-state index contributed by atoms with van der Waals surface area (Å²) in [5, 5.41) is 3.07. The van der Waals surface area contributed by atoms with Crippen molar-refractivity contribution in [3.63, 3.8) is 0 Å². The Kier molecular flexibility index (Phi) is 4.58. The average Bonchev–Trinajstić information content (AvgIpc) is 2.42. The van der Waals surface area contributed by atoms with E-state index in [1.807, 2.05) is 19.2 Å². The molecule has 2 aromatic rings. The Balaban J connectivity index is 2.27. The van der Waals surface area contributed by atoms with E-state index in [0.717, 1.165) is 23.4 Å². The molecule has 0 unspecified atom stereocenters. The Hall–Kier alpha value is -1.94. The quantitative estimate of drug-likeness (QED) is 0.932. The maximum atomic E-state index is 5.88. The molecule has 0 amide bonds. The number of nitrogens with zero attached hydrogens (tertiary/aromatic N) is 2. The fourth-order valence-electron chi connectivity index (χ4n) is 2.11. The Bertz CT molecular complexity index is 600. The van der Waals surface area contributed by atoms with Crippen LogP contribution < -0.4 is 10.1 Å². The molecule has 0 fully saturated rings. The molecule has 0 spiro atoms. The third kappa shape index (κ3) is 4.02. The van der Waals surface area contributed by atoms with Crippen molar-refractivity contribution < 1.29 is 4.74 Å². The second kappa shape index (κ2) is 6.22. The zero-order valence-corrected chi connectivity index (χ0v) is 13.4. The zero-order valence-electron chi connectivity index (χ0n) is 13.4. The smallest absolute Gasteiger partial charge is 0.321 e. The normalized spacial score (nSPS) is 11.5. The maximum Gasteiger partial charge on any atom is 0.321 e. The first-order valence-electron chi connectivity index (χ1n) is 7.14. The molecule has 112 valence electrons. The lowest BCUT2D eigenvalue weighted by molar-refractivity contribution is 0.421. The number of ether oxygens (including phenoxy) is 1. The van der Waals surface area contributed by atoms with Gasteiger partial charge in [0.25, 0.3) is 0 Å².